The summed E-state index contributed by atoms with van der Waals surface area (Å²) in [4.78, 5) is 214. The van der Waals surface area contributed by atoms with Gasteiger partial charge in [0, 0.05) is 97.3 Å². The normalized spacial score (nSPS) is 29.0. The van der Waals surface area contributed by atoms with Crippen molar-refractivity contribution in [3.05, 3.63) is 165 Å². The molecule has 6 fully saturated rings. The smallest absolute Gasteiger partial charge is 0.351 e. The van der Waals surface area contributed by atoms with Crippen molar-refractivity contribution in [3.63, 3.8) is 0 Å². The lowest BCUT2D eigenvalue weighted by atomic mass is 10.1. The van der Waals surface area contributed by atoms with Crippen LogP contribution in [0.4, 0.5) is 11.6 Å². The molecular formula is C67H94N16O33P6S6. The van der Waals surface area contributed by atoms with E-state index in [1.54, 1.807) is 6.92 Å². The Balaban J connectivity index is 0.717. The van der Waals surface area contributed by atoms with E-state index in [0.717, 1.165) is 49.9 Å². The standard InChI is InChI=1S/C67H94N16O33P6S6/c1-8-10-12-14-99-117(93,123)111-41-19-53(83-31-72-54-56(69)70-30-71-57(54)83)108-46(41)28-103-121(97,127)115-43-20-52(82-25-36(7)61(87)77-67(82)92)109-62(43)116-122(98,128)114-42-18-51(81-24-35(6)60(86)76-66(81)91)107-47(42)29-102-120(96,126)113-40-17-50(80-23-34(5)59(85)75-65(80)90)106-45(40)27-101-119(95,125)112-39-16-49(78-21-32(3)55(68)73-63(78)88)105-44(39)26-100-118(94,124)110-38-15-48(104-37(38)13-11-9-2)79-22-33(4)58(84)74-64(79)89/h21-25,30-31,37-53,62H,8-20,26-29H2,1-7H3,(H,93,123)(H,94,124)(H,95,125)(H,96,126)(H,97,127)(H,98,128)(H2,68,73,88)(H2,69,70,71)(H,74,84,89)(H,75,85,90)(H,76,86,91)(H,77,87,92)/t37-,38?,39?,40?,41?,42?,43?,44-,45-,46-,47-,48-,49-,50-,51-,52-,53-,62-,117?,118?,119?,120?,121?,122?/m1/s1. The number of hydrogen-bond donors (Lipinski definition) is 12. The zero-order valence-corrected chi connectivity index (χ0v) is 79.2. The van der Waals surface area contributed by atoms with Crippen LogP contribution in [0.1, 0.15) is 156 Å². The molecule has 0 amide bonds. The second-order valence-corrected chi connectivity index (χ2v) is 47.4. The molecule has 6 aliphatic rings. The molecule has 6 saturated heterocycles. The first-order valence-corrected chi connectivity index (χ1v) is 55.2. The zero-order chi connectivity index (χ0) is 92.6. The van der Waals surface area contributed by atoms with E-state index < -0.39 is 247 Å². The van der Waals surface area contributed by atoms with Crippen molar-refractivity contribution in [2.75, 3.05) is 44.5 Å². The maximum Gasteiger partial charge on any atom is 0.351 e. The summed E-state index contributed by atoms with van der Waals surface area (Å²) < 4.78 is 117. The van der Waals surface area contributed by atoms with Crippen LogP contribution in [0.25, 0.3) is 11.2 Å². The first-order chi connectivity index (χ1) is 60.2. The molecule has 24 atom stereocenters. The molecule has 13 rings (SSSR count). The molecular weight excluding hydrogens is 1940 g/mol. The topological polar surface area (TPSA) is 637 Å². The molecule has 61 heteroatoms. The average Bonchev–Trinajstić information content (AvgIpc) is 1.64. The first kappa shape index (κ1) is 100. The second kappa shape index (κ2) is 41.5. The van der Waals surface area contributed by atoms with E-state index in [0.29, 0.717) is 24.8 Å². The number of nitrogens with two attached hydrogens (primary N) is 2. The summed E-state index contributed by atoms with van der Waals surface area (Å²) in [5, 5.41) is 0. The van der Waals surface area contributed by atoms with E-state index in [9.17, 15) is 72.5 Å². The van der Waals surface area contributed by atoms with Gasteiger partial charge in [0.05, 0.1) is 76.0 Å². The van der Waals surface area contributed by atoms with Crippen LogP contribution < -0.4 is 62.2 Å². The van der Waals surface area contributed by atoms with Crippen molar-refractivity contribution in [1.82, 2.24) is 67.3 Å². The van der Waals surface area contributed by atoms with Crippen LogP contribution >= 0.6 is 40.3 Å². The van der Waals surface area contributed by atoms with Gasteiger partial charge in [0.2, 0.25) is 0 Å². The van der Waals surface area contributed by atoms with Gasteiger partial charge in [0.15, 0.2) is 17.8 Å². The quantitative estimate of drug-likeness (QED) is 0.0194. The largest absolute Gasteiger partial charge is 0.383 e. The minimum Gasteiger partial charge on any atom is -0.383 e. The van der Waals surface area contributed by atoms with E-state index in [-0.39, 0.29) is 70.9 Å². The monoisotopic (exact) mass is 2030 g/mol. The van der Waals surface area contributed by atoms with Crippen molar-refractivity contribution in [3.8, 4) is 0 Å². The molecule has 14 N–H and O–H groups in total. The highest BCUT2D eigenvalue weighted by atomic mass is 32.5. The molecule has 0 aromatic carbocycles. The van der Waals surface area contributed by atoms with E-state index in [4.69, 9.17) is 165 Å². The molecule has 6 aliphatic heterocycles. The summed E-state index contributed by atoms with van der Waals surface area (Å²) in [7, 11) is 0. The number of fused-ring (bicyclic) bond motifs is 1. The second-order valence-electron chi connectivity index (χ2n) is 30.7. The van der Waals surface area contributed by atoms with Crippen molar-refractivity contribution in [2.45, 2.75) is 236 Å². The minimum atomic E-state index is -4.93. The number of H-pyrrole nitrogens is 4. The molecule has 0 aliphatic carbocycles. The zero-order valence-electron chi connectivity index (χ0n) is 68.9. The highest BCUT2D eigenvalue weighted by Crippen LogP contribution is 2.59. The number of hydrogen-bond acceptors (Lipinski definition) is 39. The van der Waals surface area contributed by atoms with Gasteiger partial charge in [0.25, 0.3) is 22.2 Å². The van der Waals surface area contributed by atoms with E-state index >= 15 is 0 Å². The Labute approximate surface area is 754 Å². The minimum absolute atomic E-state index is 0.0199. The lowest BCUT2D eigenvalue weighted by Gasteiger charge is -2.29. The molecule has 0 spiro atoms. The molecule has 12 unspecified atom stereocenters. The van der Waals surface area contributed by atoms with Crippen molar-refractivity contribution in [1.29, 1.82) is 0 Å². The number of aromatic nitrogens is 14. The Morgan fingerprint density at radius 2 is 0.719 bits per heavy atom. The first-order valence-electron chi connectivity index (χ1n) is 39.7. The number of nitrogens with zero attached hydrogens (tertiary/aromatic N) is 10. The van der Waals surface area contributed by atoms with E-state index in [1.165, 1.54) is 68.1 Å². The lowest BCUT2D eigenvalue weighted by molar-refractivity contribution is -0.132. The number of imidazole rings is 1. The Morgan fingerprint density at radius 1 is 0.391 bits per heavy atom. The number of nitrogen functional groups attached to an aromatic ring is 2. The number of unbranched alkanes of at least 4 members (excludes halogenated alkanes) is 3. The summed E-state index contributed by atoms with van der Waals surface area (Å²) in [6.07, 6.45) is -12.9. The van der Waals surface area contributed by atoms with Gasteiger partial charge in [-0.05, 0) is 118 Å². The van der Waals surface area contributed by atoms with Gasteiger partial charge in [-0.2, -0.15) is 4.98 Å². The van der Waals surface area contributed by atoms with Crippen molar-refractivity contribution in [2.24, 2.45) is 0 Å². The van der Waals surface area contributed by atoms with E-state index in [2.05, 4.69) is 39.9 Å². The molecule has 128 heavy (non-hydrogen) atoms. The fourth-order valence-electron chi connectivity index (χ4n) is 14.7. The van der Waals surface area contributed by atoms with Crippen molar-refractivity contribution >= 4 is 134 Å². The molecule has 7 aromatic rings. The maximum absolute atomic E-state index is 13.6. The van der Waals surface area contributed by atoms with Gasteiger partial charge >= 0.3 is 68.8 Å². The predicted octanol–water partition coefficient (Wildman–Crippen LogP) is 2.77. The maximum atomic E-state index is 13.6. The highest BCUT2D eigenvalue weighted by Gasteiger charge is 2.51. The number of ether oxygens (including phenoxy) is 6. The third kappa shape index (κ3) is 24.9. The Morgan fingerprint density at radius 3 is 1.12 bits per heavy atom. The average molecular weight is 2030 g/mol. The third-order valence-electron chi connectivity index (χ3n) is 21.2. The number of nitrogens with one attached hydrogen (secondary N) is 4. The summed E-state index contributed by atoms with van der Waals surface area (Å²) in [5.74, 6) is -0.0166. The Hall–Kier alpha value is -5.31. The Kier molecular flexibility index (Phi) is 32.5. The van der Waals surface area contributed by atoms with Gasteiger partial charge in [-0.1, -0.05) is 39.5 Å². The molecule has 0 bridgehead atoms. The SMILES string of the molecule is CCCCCOP(O)(=S)OC1C[C@H](n2cnc3c(N)ncnc32)O[C@@H]1COP(O)(=S)OC1C[C@H](n2cc(C)c(=O)[nH]c2=O)O[C@@H]1OP(O)(=S)OC1C[C@H](n2cc(C)c(=O)[nH]c2=O)O[C@@H]1COP(O)(=S)OC1C[C@H](n2cc(C)c(=O)[nH]c2=O)O[C@@H]1COP(O)(=S)OC1C[C@H](n2cc(C)c(N)nc2=O)O[C@@H]1COP(O)(=S)OC1C[C@H](n2cc(C)c(=O)[nH]c2=O)O[C@@H]1CCCC. The summed E-state index contributed by atoms with van der Waals surface area (Å²) in [6, 6.07) is 0. The lowest BCUT2D eigenvalue weighted by Crippen LogP contribution is -2.33. The molecule has 49 nitrogen and oxygen atoms in total. The molecule has 13 heterocycles. The summed E-state index contributed by atoms with van der Waals surface area (Å²) in [6.45, 7) is -19.1. The molecule has 0 saturated carbocycles. The molecule has 0 radical (unpaired) electrons. The molecule has 706 valence electrons. The van der Waals surface area contributed by atoms with Crippen LogP contribution in [0.3, 0.4) is 0 Å². The highest BCUT2D eigenvalue weighted by molar-refractivity contribution is 8.08. The Bertz CT molecular complexity index is 6160. The van der Waals surface area contributed by atoms with Gasteiger partial charge in [-0.15, -0.1) is 0 Å². The van der Waals surface area contributed by atoms with Crippen LogP contribution in [-0.2, 0) is 154 Å². The van der Waals surface area contributed by atoms with Crippen LogP contribution in [0.5, 0.6) is 0 Å². The third-order valence-corrected chi connectivity index (χ3v) is 30.7. The summed E-state index contributed by atoms with van der Waals surface area (Å²) in [5.41, 5.74) is 5.88. The summed E-state index contributed by atoms with van der Waals surface area (Å²) >= 11 is 33.5. The van der Waals surface area contributed by atoms with Crippen LogP contribution in [0, 0.1) is 34.6 Å². The number of aromatic amines is 4. The number of rotatable bonds is 40. The van der Waals surface area contributed by atoms with Gasteiger partial charge in [0.1, 0.15) is 85.5 Å². The molecule has 7 aromatic heterocycles. The van der Waals surface area contributed by atoms with Gasteiger partial charge in [-0.25, -0.2) is 38.9 Å². The number of anilines is 2. The fraction of sp³-hybridized carbons (Fsp3) is 0.627. The van der Waals surface area contributed by atoms with Gasteiger partial charge < -0.3 is 114 Å². The van der Waals surface area contributed by atoms with Crippen molar-refractivity contribution < 1.29 is 112 Å². The van der Waals surface area contributed by atoms with Crippen LogP contribution in [0.15, 0.2) is 86.8 Å². The predicted molar refractivity (Wildman–Crippen MR) is 471 cm³/mol. The number of aryl methyl sites for hydroxylation is 5. The van der Waals surface area contributed by atoms with Gasteiger partial charge in [-0.3, -0.25) is 75.6 Å². The van der Waals surface area contributed by atoms with Crippen LogP contribution in [-0.4, -0.2) is 203 Å². The van der Waals surface area contributed by atoms with Crippen LogP contribution in [0.2, 0.25) is 0 Å². The van der Waals surface area contributed by atoms with E-state index in [1.807, 2.05) is 13.8 Å². The fourth-order valence-corrected chi connectivity index (χ4v) is 23.8.